The molecule has 17 heavy (non-hydrogen) atoms. The van der Waals surface area contributed by atoms with Crippen molar-refractivity contribution in [2.45, 2.75) is 18.6 Å². The quantitative estimate of drug-likeness (QED) is 0.708. The maximum absolute atomic E-state index is 10.8. The Labute approximate surface area is 98.1 Å². The van der Waals surface area contributed by atoms with Crippen LogP contribution < -0.4 is 15.6 Å². The van der Waals surface area contributed by atoms with Gasteiger partial charge in [0.2, 0.25) is 0 Å². The standard InChI is InChI=1S/C12H12N2O3/c15-11(16)5-10-8-6-13-14-12(8)7-3-1-2-4-9(7)17-10/h1-4,6,10,12-14H,5H2,(H,15,16). The summed E-state index contributed by atoms with van der Waals surface area (Å²) in [5.74, 6) is -0.113. The van der Waals surface area contributed by atoms with Gasteiger partial charge in [0.1, 0.15) is 11.9 Å². The fourth-order valence-corrected chi connectivity index (χ4v) is 2.28. The molecule has 5 heteroatoms. The van der Waals surface area contributed by atoms with Crippen LogP contribution in [0.15, 0.2) is 36.0 Å². The molecule has 0 saturated heterocycles. The number of aliphatic carboxylic acids is 1. The Morgan fingerprint density at radius 1 is 1.41 bits per heavy atom. The lowest BCUT2D eigenvalue weighted by atomic mass is 9.91. The summed E-state index contributed by atoms with van der Waals surface area (Å²) in [5.41, 5.74) is 7.99. The Balaban J connectivity index is 1.99. The molecule has 0 spiro atoms. The van der Waals surface area contributed by atoms with Gasteiger partial charge in [-0.05, 0) is 6.07 Å². The zero-order valence-corrected chi connectivity index (χ0v) is 9.01. The number of rotatable bonds is 2. The molecule has 2 atom stereocenters. The van der Waals surface area contributed by atoms with Crippen molar-refractivity contribution < 1.29 is 14.6 Å². The van der Waals surface area contributed by atoms with Gasteiger partial charge in [-0.15, -0.1) is 0 Å². The van der Waals surface area contributed by atoms with Crippen LogP contribution in [0.3, 0.4) is 0 Å². The smallest absolute Gasteiger partial charge is 0.307 e. The van der Waals surface area contributed by atoms with E-state index in [9.17, 15) is 4.79 Å². The Bertz CT molecular complexity index is 498. The van der Waals surface area contributed by atoms with Crippen molar-refractivity contribution in [3.8, 4) is 5.75 Å². The van der Waals surface area contributed by atoms with Crippen molar-refractivity contribution in [1.82, 2.24) is 10.9 Å². The van der Waals surface area contributed by atoms with E-state index in [1.165, 1.54) is 0 Å². The molecule has 3 rings (SSSR count). The summed E-state index contributed by atoms with van der Waals surface area (Å²) in [6.45, 7) is 0. The van der Waals surface area contributed by atoms with Crippen molar-refractivity contribution in [1.29, 1.82) is 0 Å². The third-order valence-corrected chi connectivity index (χ3v) is 3.03. The molecule has 0 aliphatic carbocycles. The van der Waals surface area contributed by atoms with E-state index in [0.717, 1.165) is 16.9 Å². The van der Waals surface area contributed by atoms with Crippen LogP contribution in [0.2, 0.25) is 0 Å². The number of fused-ring (bicyclic) bond motifs is 3. The fraction of sp³-hybridized carbons (Fsp3) is 0.250. The number of para-hydroxylation sites is 1. The number of carbonyl (C=O) groups is 1. The Morgan fingerprint density at radius 3 is 3.06 bits per heavy atom. The van der Waals surface area contributed by atoms with Gasteiger partial charge in [0, 0.05) is 17.3 Å². The van der Waals surface area contributed by atoms with Gasteiger partial charge >= 0.3 is 5.97 Å². The van der Waals surface area contributed by atoms with Crippen LogP contribution in [0.1, 0.15) is 18.0 Å². The second kappa shape index (κ2) is 3.78. The molecule has 88 valence electrons. The SMILES string of the molecule is O=C(O)CC1Oc2ccccc2C2NNC=C12. The van der Waals surface area contributed by atoms with Crippen molar-refractivity contribution in [3.05, 3.63) is 41.6 Å². The minimum absolute atomic E-state index is 0.00398. The van der Waals surface area contributed by atoms with Crippen LogP contribution in [-0.4, -0.2) is 17.2 Å². The Morgan fingerprint density at radius 2 is 2.24 bits per heavy atom. The maximum atomic E-state index is 10.8. The minimum atomic E-state index is -0.860. The molecule has 2 aliphatic heterocycles. The number of hydrazine groups is 1. The summed E-state index contributed by atoms with van der Waals surface area (Å²) < 4.78 is 5.73. The van der Waals surface area contributed by atoms with Crippen molar-refractivity contribution >= 4 is 5.97 Å². The first kappa shape index (κ1) is 10.2. The van der Waals surface area contributed by atoms with E-state index in [2.05, 4.69) is 10.9 Å². The number of carboxylic acid groups (broad SMARTS) is 1. The average molecular weight is 232 g/mol. The van der Waals surface area contributed by atoms with Gasteiger partial charge in [-0.3, -0.25) is 4.79 Å². The highest BCUT2D eigenvalue weighted by atomic mass is 16.5. The van der Waals surface area contributed by atoms with E-state index < -0.39 is 12.1 Å². The van der Waals surface area contributed by atoms with Gasteiger partial charge < -0.3 is 15.3 Å². The van der Waals surface area contributed by atoms with Crippen molar-refractivity contribution in [3.63, 3.8) is 0 Å². The summed E-state index contributed by atoms with van der Waals surface area (Å²) in [6.07, 6.45) is 1.35. The van der Waals surface area contributed by atoms with E-state index in [1.807, 2.05) is 24.3 Å². The van der Waals surface area contributed by atoms with Crippen molar-refractivity contribution in [2.75, 3.05) is 0 Å². The predicted molar refractivity (Wildman–Crippen MR) is 60.2 cm³/mol. The van der Waals surface area contributed by atoms with Crippen LogP contribution >= 0.6 is 0 Å². The van der Waals surface area contributed by atoms with Crippen LogP contribution in [0, 0.1) is 0 Å². The number of benzene rings is 1. The summed E-state index contributed by atoms with van der Waals surface area (Å²) in [4.78, 5) is 10.8. The number of hydrogen-bond acceptors (Lipinski definition) is 4. The van der Waals surface area contributed by atoms with Crippen LogP contribution in [-0.2, 0) is 4.79 Å². The van der Waals surface area contributed by atoms with E-state index in [4.69, 9.17) is 9.84 Å². The summed E-state index contributed by atoms with van der Waals surface area (Å²) in [6, 6.07) is 7.67. The first-order valence-corrected chi connectivity index (χ1v) is 5.44. The van der Waals surface area contributed by atoms with E-state index in [1.54, 1.807) is 6.20 Å². The molecule has 2 unspecified atom stereocenters. The molecule has 1 aromatic rings. The predicted octanol–water partition coefficient (Wildman–Crippen LogP) is 0.955. The molecule has 0 saturated carbocycles. The zero-order chi connectivity index (χ0) is 11.8. The average Bonchev–Trinajstić information content (AvgIpc) is 2.78. The van der Waals surface area contributed by atoms with Gasteiger partial charge in [0.25, 0.3) is 0 Å². The van der Waals surface area contributed by atoms with Gasteiger partial charge in [-0.1, -0.05) is 18.2 Å². The number of carboxylic acids is 1. The topological polar surface area (TPSA) is 70.6 Å². The van der Waals surface area contributed by atoms with E-state index in [0.29, 0.717) is 0 Å². The van der Waals surface area contributed by atoms with E-state index >= 15 is 0 Å². The molecule has 2 aliphatic rings. The summed E-state index contributed by atoms with van der Waals surface area (Å²) in [7, 11) is 0. The number of ether oxygens (including phenoxy) is 1. The third-order valence-electron chi connectivity index (χ3n) is 3.03. The van der Waals surface area contributed by atoms with Crippen LogP contribution in [0.5, 0.6) is 5.75 Å². The van der Waals surface area contributed by atoms with Gasteiger partial charge in [0.05, 0.1) is 12.5 Å². The molecule has 0 aromatic heterocycles. The molecule has 0 amide bonds. The van der Waals surface area contributed by atoms with Gasteiger partial charge in [-0.25, -0.2) is 5.43 Å². The molecular formula is C12H12N2O3. The molecule has 3 N–H and O–H groups in total. The first-order chi connectivity index (χ1) is 8.25. The fourth-order valence-electron chi connectivity index (χ4n) is 2.28. The second-order valence-corrected chi connectivity index (χ2v) is 4.11. The molecule has 0 fully saturated rings. The van der Waals surface area contributed by atoms with Crippen LogP contribution in [0.25, 0.3) is 0 Å². The minimum Gasteiger partial charge on any atom is -0.485 e. The van der Waals surface area contributed by atoms with Gasteiger partial charge in [0.15, 0.2) is 0 Å². The monoisotopic (exact) mass is 232 g/mol. The van der Waals surface area contributed by atoms with Crippen molar-refractivity contribution in [2.24, 2.45) is 0 Å². The lowest BCUT2D eigenvalue weighted by Gasteiger charge is -2.30. The first-order valence-electron chi connectivity index (χ1n) is 5.44. The molecule has 5 nitrogen and oxygen atoms in total. The number of nitrogens with one attached hydrogen (secondary N) is 2. The molecule has 1 aromatic carbocycles. The highest BCUT2D eigenvalue weighted by Crippen LogP contribution is 2.39. The lowest BCUT2D eigenvalue weighted by Crippen LogP contribution is -2.34. The third kappa shape index (κ3) is 1.64. The largest absolute Gasteiger partial charge is 0.485 e. The molecular weight excluding hydrogens is 220 g/mol. The van der Waals surface area contributed by atoms with Gasteiger partial charge in [-0.2, -0.15) is 0 Å². The summed E-state index contributed by atoms with van der Waals surface area (Å²) in [5, 5.41) is 8.89. The van der Waals surface area contributed by atoms with E-state index in [-0.39, 0.29) is 12.5 Å². The lowest BCUT2D eigenvalue weighted by molar-refractivity contribution is -0.138. The normalized spacial score (nSPS) is 25.1. The second-order valence-electron chi connectivity index (χ2n) is 4.11. The molecule has 0 radical (unpaired) electrons. The molecule has 2 heterocycles. The Hall–Kier alpha value is -2.01. The zero-order valence-electron chi connectivity index (χ0n) is 9.01. The number of hydrogen-bond donors (Lipinski definition) is 3. The Kier molecular flexibility index (Phi) is 2.26. The maximum Gasteiger partial charge on any atom is 0.307 e. The highest BCUT2D eigenvalue weighted by molar-refractivity contribution is 5.68. The van der Waals surface area contributed by atoms with Crippen LogP contribution in [0.4, 0.5) is 0 Å². The highest BCUT2D eigenvalue weighted by Gasteiger charge is 2.36. The summed E-state index contributed by atoms with van der Waals surface area (Å²) >= 11 is 0. The molecule has 0 bridgehead atoms.